The summed E-state index contributed by atoms with van der Waals surface area (Å²) in [4.78, 5) is 22.8. The Morgan fingerprint density at radius 2 is 2.08 bits per heavy atom. The number of aliphatic carboxylic acids is 1. The Balaban J connectivity index is 2.76. The van der Waals surface area contributed by atoms with Crippen molar-refractivity contribution in [2.24, 2.45) is 17.8 Å². The number of ketones is 1. The third kappa shape index (κ3) is 6.23. The number of hydrogen-bond donors (Lipinski definition) is 2. The van der Waals surface area contributed by atoms with Crippen LogP contribution in [0.25, 0.3) is 0 Å². The van der Waals surface area contributed by atoms with Gasteiger partial charge >= 0.3 is 5.97 Å². The average Bonchev–Trinajstić information content (AvgIpc) is 2.80. The van der Waals surface area contributed by atoms with Crippen LogP contribution in [0.1, 0.15) is 65.2 Å². The van der Waals surface area contributed by atoms with Gasteiger partial charge in [-0.1, -0.05) is 44.4 Å². The summed E-state index contributed by atoms with van der Waals surface area (Å²) in [7, 11) is 0. The van der Waals surface area contributed by atoms with E-state index < -0.39 is 12.1 Å². The van der Waals surface area contributed by atoms with E-state index in [2.05, 4.69) is 26.5 Å². The number of carbonyl (C=O) groups excluding carboxylic acids is 1. The van der Waals surface area contributed by atoms with E-state index >= 15 is 0 Å². The number of hydrogen-bond acceptors (Lipinski definition) is 3. The highest BCUT2D eigenvalue weighted by Gasteiger charge is 2.38. The summed E-state index contributed by atoms with van der Waals surface area (Å²) >= 11 is 0. The maximum atomic E-state index is 12.1. The average molecular weight is 336 g/mol. The number of aliphatic hydroxyl groups is 1. The first-order valence-corrected chi connectivity index (χ1v) is 9.14. The van der Waals surface area contributed by atoms with Crippen molar-refractivity contribution in [2.75, 3.05) is 0 Å². The molecule has 4 atom stereocenters. The fraction of sp³-hybridized carbons (Fsp3) is 0.700. The molecule has 0 aliphatic heterocycles. The van der Waals surface area contributed by atoms with Gasteiger partial charge in [0.05, 0.1) is 6.10 Å². The van der Waals surface area contributed by atoms with Crippen LogP contribution >= 0.6 is 0 Å². The molecule has 4 nitrogen and oxygen atoms in total. The first kappa shape index (κ1) is 20.6. The van der Waals surface area contributed by atoms with E-state index in [1.54, 1.807) is 6.08 Å². The summed E-state index contributed by atoms with van der Waals surface area (Å²) in [6.45, 7) is 8.09. The normalized spacial score (nSPS) is 25.7. The molecule has 0 aromatic rings. The van der Waals surface area contributed by atoms with Crippen molar-refractivity contribution in [1.29, 1.82) is 0 Å². The number of unbranched alkanes of at least 4 members (excludes halogenated alkanes) is 1. The summed E-state index contributed by atoms with van der Waals surface area (Å²) in [5, 5.41) is 18.8. The largest absolute Gasteiger partial charge is 0.481 e. The van der Waals surface area contributed by atoms with Crippen molar-refractivity contribution in [2.45, 2.75) is 71.3 Å². The molecule has 0 bridgehead atoms. The van der Waals surface area contributed by atoms with Crippen molar-refractivity contribution >= 4 is 11.8 Å². The van der Waals surface area contributed by atoms with E-state index in [-0.39, 0.29) is 30.5 Å². The summed E-state index contributed by atoms with van der Waals surface area (Å²) in [6.07, 6.45) is 8.98. The van der Waals surface area contributed by atoms with Gasteiger partial charge in [-0.25, -0.2) is 0 Å². The molecule has 0 amide bonds. The third-order valence-corrected chi connectivity index (χ3v) is 5.12. The maximum absolute atomic E-state index is 12.1. The molecule has 1 unspecified atom stereocenters. The molecule has 136 valence electrons. The van der Waals surface area contributed by atoms with E-state index in [4.69, 9.17) is 5.11 Å². The molecule has 0 radical (unpaired) electrons. The highest BCUT2D eigenvalue weighted by Crippen LogP contribution is 2.34. The molecular weight excluding hydrogens is 304 g/mol. The van der Waals surface area contributed by atoms with Crippen LogP contribution < -0.4 is 0 Å². The Labute approximate surface area is 145 Å². The second-order valence-electron chi connectivity index (χ2n) is 6.96. The van der Waals surface area contributed by atoms with Crippen LogP contribution in [0, 0.1) is 17.8 Å². The monoisotopic (exact) mass is 336 g/mol. The van der Waals surface area contributed by atoms with Crippen LogP contribution in [0.3, 0.4) is 0 Å². The molecule has 1 aliphatic carbocycles. The molecule has 0 spiro atoms. The zero-order chi connectivity index (χ0) is 18.1. The zero-order valence-electron chi connectivity index (χ0n) is 15.0. The number of Topliss-reactive ketones (excluding diaryl/α,β-unsaturated/α-hetero) is 1. The van der Waals surface area contributed by atoms with Crippen LogP contribution in [-0.2, 0) is 9.59 Å². The van der Waals surface area contributed by atoms with Crippen molar-refractivity contribution in [1.82, 2.24) is 0 Å². The summed E-state index contributed by atoms with van der Waals surface area (Å²) in [5.74, 6) is -0.612. The van der Waals surface area contributed by atoms with Crippen molar-refractivity contribution in [3.05, 3.63) is 24.3 Å². The number of aliphatic hydroxyl groups excluding tert-OH is 1. The van der Waals surface area contributed by atoms with Gasteiger partial charge < -0.3 is 10.2 Å². The van der Waals surface area contributed by atoms with Gasteiger partial charge in [0, 0.05) is 24.7 Å². The molecule has 1 saturated carbocycles. The fourth-order valence-electron chi connectivity index (χ4n) is 3.55. The van der Waals surface area contributed by atoms with E-state index in [1.165, 1.54) is 5.57 Å². The fourth-order valence-corrected chi connectivity index (χ4v) is 3.55. The van der Waals surface area contributed by atoms with Crippen LogP contribution in [0.4, 0.5) is 0 Å². The standard InChI is InChI=1S/C20H32O4/c1-4-6-8-14(3)15(9-7-10-20(23)24)11-12-17-16(5-2)18(21)13-19(17)22/h5,11,14,16-18,21H,2,4,6-10,12-13H2,1,3H3,(H,23,24)/b15-11+/t14?,16-,17-,18-/m1/s1. The highest BCUT2D eigenvalue weighted by atomic mass is 16.4. The zero-order valence-corrected chi connectivity index (χ0v) is 15.0. The van der Waals surface area contributed by atoms with Crippen LogP contribution in [0.2, 0.25) is 0 Å². The molecule has 0 saturated heterocycles. The van der Waals surface area contributed by atoms with Crippen molar-refractivity contribution in [3.63, 3.8) is 0 Å². The number of allylic oxidation sites excluding steroid dienone is 2. The predicted molar refractivity (Wildman–Crippen MR) is 95.7 cm³/mol. The van der Waals surface area contributed by atoms with E-state index in [0.717, 1.165) is 25.7 Å². The lowest BCUT2D eigenvalue weighted by molar-refractivity contribution is -0.137. The van der Waals surface area contributed by atoms with E-state index in [1.807, 2.05) is 0 Å². The number of rotatable bonds is 11. The van der Waals surface area contributed by atoms with E-state index in [9.17, 15) is 14.7 Å². The van der Waals surface area contributed by atoms with E-state index in [0.29, 0.717) is 18.8 Å². The summed E-state index contributed by atoms with van der Waals surface area (Å²) < 4.78 is 0. The number of carboxylic acids is 1. The molecule has 0 aromatic heterocycles. The first-order chi connectivity index (χ1) is 11.4. The second kappa shape index (κ2) is 10.4. The quantitative estimate of drug-likeness (QED) is 0.556. The van der Waals surface area contributed by atoms with Crippen LogP contribution in [-0.4, -0.2) is 28.1 Å². The number of carbonyl (C=O) groups is 2. The van der Waals surface area contributed by atoms with Crippen molar-refractivity contribution < 1.29 is 19.8 Å². The van der Waals surface area contributed by atoms with Crippen LogP contribution in [0.5, 0.6) is 0 Å². The van der Waals surface area contributed by atoms with Crippen LogP contribution in [0.15, 0.2) is 24.3 Å². The molecule has 0 heterocycles. The van der Waals surface area contributed by atoms with Crippen molar-refractivity contribution in [3.8, 4) is 0 Å². The Kier molecular flexibility index (Phi) is 8.98. The third-order valence-electron chi connectivity index (χ3n) is 5.12. The Bertz CT molecular complexity index is 466. The maximum Gasteiger partial charge on any atom is 0.303 e. The molecule has 4 heteroatoms. The van der Waals surface area contributed by atoms with Gasteiger partial charge in [0.2, 0.25) is 0 Å². The second-order valence-corrected chi connectivity index (χ2v) is 6.96. The van der Waals surface area contributed by atoms with Gasteiger partial charge in [0.25, 0.3) is 0 Å². The molecule has 0 aromatic carbocycles. The first-order valence-electron chi connectivity index (χ1n) is 9.14. The topological polar surface area (TPSA) is 74.6 Å². The lowest BCUT2D eigenvalue weighted by atomic mass is 9.86. The van der Waals surface area contributed by atoms with Gasteiger partial charge in [-0.15, -0.1) is 6.58 Å². The van der Waals surface area contributed by atoms with Gasteiger partial charge in [0.1, 0.15) is 5.78 Å². The molecule has 2 N–H and O–H groups in total. The molecular formula is C20H32O4. The number of carboxylic acid groups (broad SMARTS) is 1. The Morgan fingerprint density at radius 3 is 2.67 bits per heavy atom. The minimum atomic E-state index is -0.767. The SMILES string of the molecule is C=C[C@H]1[C@H](O)CC(=O)[C@@H]1C/C=C(\CCCC(=O)O)C(C)CCCC. The molecule has 24 heavy (non-hydrogen) atoms. The molecule has 1 rings (SSSR count). The lowest BCUT2D eigenvalue weighted by Crippen LogP contribution is -2.18. The van der Waals surface area contributed by atoms with Gasteiger partial charge in [0.15, 0.2) is 0 Å². The molecule has 1 fully saturated rings. The minimum Gasteiger partial charge on any atom is -0.481 e. The lowest BCUT2D eigenvalue weighted by Gasteiger charge is -2.19. The highest BCUT2D eigenvalue weighted by molar-refractivity contribution is 5.84. The molecule has 1 aliphatic rings. The summed E-state index contributed by atoms with van der Waals surface area (Å²) in [6, 6.07) is 0. The van der Waals surface area contributed by atoms with Gasteiger partial charge in [-0.3, -0.25) is 9.59 Å². The Morgan fingerprint density at radius 1 is 1.38 bits per heavy atom. The van der Waals surface area contributed by atoms with Gasteiger partial charge in [-0.05, 0) is 31.6 Å². The van der Waals surface area contributed by atoms with Gasteiger partial charge in [-0.2, -0.15) is 0 Å². The Hall–Kier alpha value is -1.42. The minimum absolute atomic E-state index is 0.106. The predicted octanol–water partition coefficient (Wildman–Crippen LogP) is 4.14. The summed E-state index contributed by atoms with van der Waals surface area (Å²) in [5.41, 5.74) is 1.25. The smallest absolute Gasteiger partial charge is 0.303 e.